The summed E-state index contributed by atoms with van der Waals surface area (Å²) >= 11 is 0. The number of carbonyl (C=O) groups is 1. The van der Waals surface area contributed by atoms with Crippen LogP contribution in [0.25, 0.3) is 0 Å². The van der Waals surface area contributed by atoms with Crippen LogP contribution in [-0.2, 0) is 11.2 Å². The predicted molar refractivity (Wildman–Crippen MR) is 88.2 cm³/mol. The fourth-order valence-corrected chi connectivity index (χ4v) is 2.68. The highest BCUT2D eigenvalue weighted by Crippen LogP contribution is 2.10. The molecule has 1 fully saturated rings. The van der Waals surface area contributed by atoms with Crippen LogP contribution in [0.1, 0.15) is 31.9 Å². The summed E-state index contributed by atoms with van der Waals surface area (Å²) in [5.74, 6) is -0.137. The molecule has 1 saturated heterocycles. The lowest BCUT2D eigenvalue weighted by Gasteiger charge is -2.31. The summed E-state index contributed by atoms with van der Waals surface area (Å²) in [4.78, 5) is 15.3. The Bertz CT molecular complexity index is 552. The largest absolute Gasteiger partial charge is 1.00 e. The normalized spacial score (nSPS) is 16.5. The third-order valence-corrected chi connectivity index (χ3v) is 4.10. The Labute approximate surface area is 161 Å². The molecule has 1 aliphatic heterocycles. The minimum atomic E-state index is -0.434. The highest BCUT2D eigenvalue weighted by atomic mass is 127. The van der Waals surface area contributed by atoms with E-state index in [1.165, 1.54) is 0 Å². The van der Waals surface area contributed by atoms with Gasteiger partial charge in [-0.1, -0.05) is 12.1 Å². The lowest BCUT2D eigenvalue weighted by atomic mass is 10.1. The van der Waals surface area contributed by atoms with Crippen LogP contribution >= 0.6 is 0 Å². The number of alkyl carbamates (subject to hydrolysis) is 2. The number of piperazine rings is 1. The molecule has 0 bridgehead atoms. The Balaban J connectivity index is 0.00000288. The first-order valence-electron chi connectivity index (χ1n) is 8.30. The van der Waals surface area contributed by atoms with Crippen LogP contribution < -0.4 is 28.9 Å². The van der Waals surface area contributed by atoms with Crippen LogP contribution in [-0.4, -0.2) is 49.3 Å². The predicted octanol–water partition coefficient (Wildman–Crippen LogP) is -1.18. The second-order valence-corrected chi connectivity index (χ2v) is 7.28. The van der Waals surface area contributed by atoms with Crippen molar-refractivity contribution in [3.63, 3.8) is 0 Å². The van der Waals surface area contributed by atoms with E-state index in [9.17, 15) is 9.18 Å². The Hall–Kier alpha value is -0.730. The fourth-order valence-electron chi connectivity index (χ4n) is 2.68. The third kappa shape index (κ3) is 6.64. The molecular weight excluding hydrogens is 422 g/mol. The summed E-state index contributed by atoms with van der Waals surface area (Å²) in [6.07, 6.45) is 0.677. The molecule has 24 heavy (non-hydrogen) atoms. The maximum Gasteiger partial charge on any atom is 0.514 e. The number of carbonyl (C=O) groups excluding carboxylic acids is 1. The summed E-state index contributed by atoms with van der Waals surface area (Å²) in [5.41, 5.74) is 1.27. The Morgan fingerprint density at radius 2 is 1.92 bits per heavy atom. The van der Waals surface area contributed by atoms with Gasteiger partial charge in [0, 0.05) is 19.6 Å². The number of quaternary nitrogens is 1. The standard InChI is InChI=1S/C18H27FN2O2.HI/c1-14-5-6-15(13-16(14)19)7-8-20-9-11-21(12-10-20)17(22)23-18(2,3)4;/h5-6,13H,7-12H2,1-4H3;1H. The molecule has 136 valence electrons. The lowest BCUT2D eigenvalue weighted by Crippen LogP contribution is -3.17. The number of benzene rings is 1. The van der Waals surface area contributed by atoms with Crippen LogP contribution in [0.2, 0.25) is 0 Å². The second-order valence-electron chi connectivity index (χ2n) is 7.28. The monoisotopic (exact) mass is 450 g/mol. The van der Waals surface area contributed by atoms with Crippen molar-refractivity contribution in [3.8, 4) is 0 Å². The van der Waals surface area contributed by atoms with Crippen LogP contribution in [0.5, 0.6) is 0 Å². The topological polar surface area (TPSA) is 34.0 Å². The number of nitrogens with zero attached hydrogens (tertiary/aromatic N) is 1. The number of amides is 1. The van der Waals surface area contributed by atoms with Crippen molar-refractivity contribution in [1.29, 1.82) is 0 Å². The SMILES string of the molecule is Cc1ccc(CCN2CC[NH+](C(=O)OC(C)(C)C)CC2)cc1F.[I-]. The van der Waals surface area contributed by atoms with Gasteiger partial charge in [0.05, 0.1) is 13.1 Å². The van der Waals surface area contributed by atoms with E-state index in [0.717, 1.165) is 49.6 Å². The smallest absolute Gasteiger partial charge is 0.514 e. The van der Waals surface area contributed by atoms with E-state index in [1.54, 1.807) is 13.0 Å². The van der Waals surface area contributed by atoms with Crippen molar-refractivity contribution in [2.45, 2.75) is 39.7 Å². The van der Waals surface area contributed by atoms with Crippen LogP contribution in [0.3, 0.4) is 0 Å². The first kappa shape index (κ1) is 21.3. The molecule has 0 unspecified atom stereocenters. The molecule has 6 heteroatoms. The van der Waals surface area contributed by atoms with Gasteiger partial charge in [-0.3, -0.25) is 4.90 Å². The summed E-state index contributed by atoms with van der Waals surface area (Å²) < 4.78 is 19.0. The highest BCUT2D eigenvalue weighted by Gasteiger charge is 2.30. The zero-order valence-electron chi connectivity index (χ0n) is 15.0. The molecule has 4 nitrogen and oxygen atoms in total. The van der Waals surface area contributed by atoms with E-state index in [0.29, 0.717) is 5.56 Å². The zero-order valence-corrected chi connectivity index (χ0v) is 17.2. The van der Waals surface area contributed by atoms with Gasteiger partial charge in [-0.2, -0.15) is 4.79 Å². The number of rotatable bonds is 3. The molecule has 0 aromatic heterocycles. The molecule has 0 saturated carbocycles. The van der Waals surface area contributed by atoms with Crippen molar-refractivity contribution in [2.75, 3.05) is 32.7 Å². The van der Waals surface area contributed by atoms with Crippen molar-refractivity contribution in [1.82, 2.24) is 4.90 Å². The van der Waals surface area contributed by atoms with E-state index in [2.05, 4.69) is 4.90 Å². The van der Waals surface area contributed by atoms with E-state index in [4.69, 9.17) is 4.74 Å². The van der Waals surface area contributed by atoms with Gasteiger partial charge in [-0.25, -0.2) is 9.29 Å². The average Bonchev–Trinajstić information content (AvgIpc) is 2.47. The minimum absolute atomic E-state index is 0. The van der Waals surface area contributed by atoms with Gasteiger partial charge < -0.3 is 28.7 Å². The van der Waals surface area contributed by atoms with Crippen LogP contribution in [0, 0.1) is 12.7 Å². The van der Waals surface area contributed by atoms with E-state index >= 15 is 0 Å². The molecule has 1 amide bonds. The lowest BCUT2D eigenvalue weighted by molar-refractivity contribution is -0.830. The highest BCUT2D eigenvalue weighted by molar-refractivity contribution is 5.57. The van der Waals surface area contributed by atoms with Gasteiger partial charge in [0.15, 0.2) is 0 Å². The van der Waals surface area contributed by atoms with Crippen molar-refractivity contribution in [3.05, 3.63) is 35.1 Å². The van der Waals surface area contributed by atoms with Gasteiger partial charge in [0.2, 0.25) is 0 Å². The van der Waals surface area contributed by atoms with Crippen LogP contribution in [0.4, 0.5) is 9.18 Å². The maximum atomic E-state index is 13.6. The molecule has 2 rings (SSSR count). The Morgan fingerprint density at radius 1 is 1.29 bits per heavy atom. The Morgan fingerprint density at radius 3 is 2.46 bits per heavy atom. The van der Waals surface area contributed by atoms with Gasteiger partial charge in [0.1, 0.15) is 11.4 Å². The number of nitrogens with one attached hydrogen (secondary N) is 1. The first-order valence-corrected chi connectivity index (χ1v) is 8.30. The van der Waals surface area contributed by atoms with Crippen molar-refractivity contribution >= 4 is 6.09 Å². The van der Waals surface area contributed by atoms with Gasteiger partial charge in [-0.05, 0) is 51.3 Å². The molecule has 0 radical (unpaired) electrons. The molecule has 0 atom stereocenters. The van der Waals surface area contributed by atoms with Gasteiger partial charge >= 0.3 is 6.09 Å². The second kappa shape index (κ2) is 9.10. The maximum absolute atomic E-state index is 13.6. The summed E-state index contributed by atoms with van der Waals surface area (Å²) in [7, 11) is 0. The van der Waals surface area contributed by atoms with Gasteiger partial charge in [-0.15, -0.1) is 0 Å². The van der Waals surface area contributed by atoms with E-state index in [-0.39, 0.29) is 35.9 Å². The third-order valence-electron chi connectivity index (χ3n) is 4.10. The zero-order chi connectivity index (χ0) is 17.0. The summed E-state index contributed by atoms with van der Waals surface area (Å²) in [6, 6.07) is 5.44. The average molecular weight is 450 g/mol. The first-order chi connectivity index (χ1) is 10.7. The molecular formula is C18H28FIN2O2. The fraction of sp³-hybridized carbons (Fsp3) is 0.611. The minimum Gasteiger partial charge on any atom is -1.00 e. The molecule has 1 aromatic rings. The molecule has 1 aliphatic rings. The van der Waals surface area contributed by atoms with E-state index < -0.39 is 5.60 Å². The van der Waals surface area contributed by atoms with Crippen molar-refractivity contribution < 1.29 is 42.8 Å². The molecule has 1 N–H and O–H groups in total. The summed E-state index contributed by atoms with van der Waals surface area (Å²) in [6.45, 7) is 11.6. The number of hydrogen-bond donors (Lipinski definition) is 1. The molecule has 1 aromatic carbocycles. The molecule has 0 aliphatic carbocycles. The Kier molecular flexibility index (Phi) is 8.08. The summed E-state index contributed by atoms with van der Waals surface area (Å²) in [5, 5.41) is 0. The molecule has 1 heterocycles. The number of hydrogen-bond acceptors (Lipinski definition) is 3. The van der Waals surface area contributed by atoms with Crippen LogP contribution in [0.15, 0.2) is 18.2 Å². The molecule has 0 spiro atoms. The number of halogens is 2. The van der Waals surface area contributed by atoms with Gasteiger partial charge in [0.25, 0.3) is 0 Å². The quantitative estimate of drug-likeness (QED) is 0.589. The number of aryl methyl sites for hydroxylation is 1. The number of ether oxygens (including phenoxy) is 1. The van der Waals surface area contributed by atoms with E-state index in [1.807, 2.05) is 32.9 Å². The van der Waals surface area contributed by atoms with Crippen molar-refractivity contribution in [2.24, 2.45) is 0 Å².